The topological polar surface area (TPSA) is 102 Å². The molecule has 0 aliphatic rings. The highest BCUT2D eigenvalue weighted by molar-refractivity contribution is 5.70. The average molecular weight is 834 g/mol. The first-order chi connectivity index (χ1) is 29.1. The second kappa shape index (κ2) is 41.7. The fraction of sp³-hybridized carbons (Fsp3) is 0.596. The third kappa shape index (κ3) is 39.5. The first kappa shape index (κ1) is 56.0. The predicted octanol–water partition coefficient (Wildman–Crippen LogP) is 11.5. The Hall–Kier alpha value is -4.01. The van der Waals surface area contributed by atoms with Gasteiger partial charge in [0.25, 0.3) is 0 Å². The van der Waals surface area contributed by atoms with Gasteiger partial charge in [0.1, 0.15) is 12.6 Å². The third-order valence-corrected chi connectivity index (χ3v) is 9.53. The molecule has 0 amide bonds. The lowest BCUT2D eigenvalue weighted by Gasteiger charge is -2.34. The van der Waals surface area contributed by atoms with Crippen molar-refractivity contribution in [2.24, 2.45) is 0 Å². The van der Waals surface area contributed by atoms with Gasteiger partial charge in [-0.05, 0) is 64.2 Å². The molecule has 2 unspecified atom stereocenters. The van der Waals surface area contributed by atoms with Gasteiger partial charge in [0.2, 0.25) is 0 Å². The highest BCUT2D eigenvalue weighted by Crippen LogP contribution is 2.14. The second-order valence-corrected chi connectivity index (χ2v) is 16.0. The van der Waals surface area contributed by atoms with Gasteiger partial charge >= 0.3 is 11.9 Å². The number of carbonyl (C=O) groups is 3. The summed E-state index contributed by atoms with van der Waals surface area (Å²) in [5.41, 5.74) is 0. The van der Waals surface area contributed by atoms with E-state index in [1.54, 1.807) is 21.1 Å². The van der Waals surface area contributed by atoms with Crippen LogP contribution in [-0.4, -0.2) is 75.5 Å². The molecular weight excluding hydrogens is 751 g/mol. The quantitative estimate of drug-likeness (QED) is 0.0200. The number of esters is 2. The summed E-state index contributed by atoms with van der Waals surface area (Å²) in [6.45, 7) is 4.30. The number of allylic oxidation sites excluding steroid dienone is 18. The fourth-order valence-electron chi connectivity index (χ4n) is 6.03. The Morgan fingerprint density at radius 2 is 0.983 bits per heavy atom. The number of carbonyl (C=O) groups excluding carboxylic acids is 3. The summed E-state index contributed by atoms with van der Waals surface area (Å²) in [5, 5.41) is 11.6. The van der Waals surface area contributed by atoms with Crippen molar-refractivity contribution in [3.05, 3.63) is 109 Å². The molecule has 0 bridgehead atoms. The Kier molecular flexibility index (Phi) is 38.9. The van der Waals surface area contributed by atoms with Crippen LogP contribution < -0.4 is 5.11 Å². The van der Waals surface area contributed by atoms with E-state index in [-0.39, 0.29) is 49.1 Å². The number of unbranched alkanes of at least 4 members (excludes halogenated alkanes) is 11. The Balaban J connectivity index is 4.36. The molecule has 0 aromatic carbocycles. The van der Waals surface area contributed by atoms with Crippen molar-refractivity contribution in [1.82, 2.24) is 0 Å². The van der Waals surface area contributed by atoms with Gasteiger partial charge in [-0.1, -0.05) is 175 Å². The molecule has 338 valence electrons. The molecule has 2 atom stereocenters. The number of quaternary nitrogens is 1. The normalized spacial score (nSPS) is 13.9. The Morgan fingerprint density at radius 3 is 1.53 bits per heavy atom. The Morgan fingerprint density at radius 1 is 0.517 bits per heavy atom. The van der Waals surface area contributed by atoms with Crippen LogP contribution in [0.4, 0.5) is 0 Å². The van der Waals surface area contributed by atoms with Crippen LogP contribution >= 0.6 is 0 Å². The maximum Gasteiger partial charge on any atom is 0.306 e. The van der Waals surface area contributed by atoms with Crippen LogP contribution in [-0.2, 0) is 28.6 Å². The van der Waals surface area contributed by atoms with Crippen molar-refractivity contribution in [2.75, 3.05) is 41.0 Å². The molecule has 0 saturated heterocycles. The number of carboxylic acid groups (broad SMARTS) is 1. The summed E-state index contributed by atoms with van der Waals surface area (Å²) in [7, 11) is 5.37. The van der Waals surface area contributed by atoms with Gasteiger partial charge in [-0.3, -0.25) is 9.59 Å². The first-order valence-electron chi connectivity index (χ1n) is 23.0. The van der Waals surface area contributed by atoms with E-state index in [0.717, 1.165) is 64.2 Å². The molecule has 8 heteroatoms. The van der Waals surface area contributed by atoms with Gasteiger partial charge in [-0.25, -0.2) is 0 Å². The monoisotopic (exact) mass is 834 g/mol. The average Bonchev–Trinajstić information content (AvgIpc) is 3.21. The van der Waals surface area contributed by atoms with E-state index in [9.17, 15) is 19.5 Å². The second-order valence-electron chi connectivity index (χ2n) is 16.0. The van der Waals surface area contributed by atoms with Crippen LogP contribution in [0.15, 0.2) is 109 Å². The Bertz CT molecular complexity index is 1340. The van der Waals surface area contributed by atoms with Crippen LogP contribution in [0.5, 0.6) is 0 Å². The highest BCUT2D eigenvalue weighted by Gasteiger charge is 2.25. The zero-order chi connectivity index (χ0) is 44.2. The number of carboxylic acids is 1. The zero-order valence-electron chi connectivity index (χ0n) is 38.3. The minimum Gasteiger partial charge on any atom is -0.544 e. The number of nitrogens with zero attached hydrogens (tertiary/aromatic N) is 1. The van der Waals surface area contributed by atoms with Crippen LogP contribution in [0.1, 0.15) is 149 Å². The molecular formula is C52H83NO7. The molecule has 0 aromatic heterocycles. The molecule has 60 heavy (non-hydrogen) atoms. The molecule has 0 spiro atoms. The summed E-state index contributed by atoms with van der Waals surface area (Å²) in [5.74, 6) is -1.85. The Labute approximate surface area is 366 Å². The molecule has 0 rings (SSSR count). The number of hydrogen-bond acceptors (Lipinski definition) is 7. The lowest BCUT2D eigenvalue weighted by Crippen LogP contribution is -2.55. The van der Waals surface area contributed by atoms with E-state index >= 15 is 0 Å². The van der Waals surface area contributed by atoms with Crippen molar-refractivity contribution in [3.8, 4) is 0 Å². The number of aliphatic carboxylic acids is 1. The number of likely N-dealkylation sites (N-methyl/N-ethyl adjacent to an activating group) is 1. The van der Waals surface area contributed by atoms with E-state index in [1.807, 2.05) is 54.7 Å². The highest BCUT2D eigenvalue weighted by atomic mass is 16.6. The maximum atomic E-state index is 12.7. The van der Waals surface area contributed by atoms with Gasteiger partial charge in [0, 0.05) is 19.3 Å². The molecule has 0 N–H and O–H groups in total. The fourth-order valence-corrected chi connectivity index (χ4v) is 6.03. The molecule has 0 aliphatic carbocycles. The lowest BCUT2D eigenvalue weighted by atomic mass is 10.0. The molecule has 0 aromatic rings. The summed E-state index contributed by atoms with van der Waals surface area (Å²) in [6, 6.07) is -0.743. The van der Waals surface area contributed by atoms with Crippen molar-refractivity contribution in [3.63, 3.8) is 0 Å². The maximum absolute atomic E-state index is 12.7. The van der Waals surface area contributed by atoms with Crippen LogP contribution in [0.25, 0.3) is 0 Å². The molecule has 0 aliphatic heterocycles. The number of ether oxygens (including phenoxy) is 3. The van der Waals surface area contributed by atoms with Gasteiger partial charge < -0.3 is 28.6 Å². The predicted molar refractivity (Wildman–Crippen MR) is 249 cm³/mol. The van der Waals surface area contributed by atoms with E-state index in [1.165, 1.54) is 44.9 Å². The summed E-state index contributed by atoms with van der Waals surface area (Å²) in [4.78, 5) is 36.9. The molecule has 0 saturated carbocycles. The summed E-state index contributed by atoms with van der Waals surface area (Å²) < 4.78 is 17.1. The van der Waals surface area contributed by atoms with Crippen molar-refractivity contribution >= 4 is 17.9 Å². The molecule has 0 radical (unpaired) electrons. The molecule has 0 fully saturated rings. The van der Waals surface area contributed by atoms with E-state index in [0.29, 0.717) is 12.8 Å². The van der Waals surface area contributed by atoms with Crippen LogP contribution in [0.3, 0.4) is 0 Å². The summed E-state index contributed by atoms with van der Waals surface area (Å²) >= 11 is 0. The molecule has 0 heterocycles. The van der Waals surface area contributed by atoms with Crippen molar-refractivity contribution < 1.29 is 38.2 Å². The van der Waals surface area contributed by atoms with E-state index in [2.05, 4.69) is 68.5 Å². The first-order valence-corrected chi connectivity index (χ1v) is 23.0. The van der Waals surface area contributed by atoms with Crippen LogP contribution in [0, 0.1) is 0 Å². The van der Waals surface area contributed by atoms with Crippen molar-refractivity contribution in [2.45, 2.75) is 161 Å². The largest absolute Gasteiger partial charge is 0.544 e. The van der Waals surface area contributed by atoms with Crippen LogP contribution in [0.2, 0.25) is 0 Å². The zero-order valence-corrected chi connectivity index (χ0v) is 38.3. The summed E-state index contributed by atoms with van der Waals surface area (Å²) in [6.07, 6.45) is 57.0. The van der Waals surface area contributed by atoms with Crippen molar-refractivity contribution in [1.29, 1.82) is 0 Å². The standard InChI is InChI=1S/C52H83NO7/c1-6-8-10-12-14-16-18-20-21-22-23-24-25-26-27-28-29-31-33-35-37-39-41-43-51(55)60-48(46-58-45-44-49(52(56)57)53(3,4)5)47-59-50(54)42-40-38-36-34-32-30-19-17-15-13-11-9-7-2/h8-11,13-17,19-21,23-24,30,32,34,36,48-49H,6-7,12,18,22,25-29,31,33,35,37-47H2,1-5H3/b10-8+,11-9+,15-13+,16-14+,19-17+,21-20+,24-23+,32-30+,36-34+. The number of rotatable bonds is 39. The SMILES string of the molecule is CC/C=C/C=C/C=C/C=C/C=C/CCCC(=O)OCC(COCCC(C(=O)[O-])[N+](C)(C)C)OC(=O)CCCCCCCCCCCC/C=C/C/C=C/C/C=C/C/C=C/CC. The van der Waals surface area contributed by atoms with Gasteiger partial charge in [-0.15, -0.1) is 0 Å². The molecule has 8 nitrogen and oxygen atoms in total. The van der Waals surface area contributed by atoms with Gasteiger partial charge in [-0.2, -0.15) is 0 Å². The minimum atomic E-state index is -1.14. The smallest absolute Gasteiger partial charge is 0.306 e. The van der Waals surface area contributed by atoms with E-state index in [4.69, 9.17) is 14.2 Å². The lowest BCUT2D eigenvalue weighted by molar-refractivity contribution is -0.889. The van der Waals surface area contributed by atoms with E-state index < -0.39 is 18.1 Å². The van der Waals surface area contributed by atoms with Gasteiger partial charge in [0.15, 0.2) is 6.10 Å². The minimum absolute atomic E-state index is 0.00904. The number of hydrogen-bond donors (Lipinski definition) is 0. The third-order valence-electron chi connectivity index (χ3n) is 9.53. The van der Waals surface area contributed by atoms with Gasteiger partial charge in [0.05, 0.1) is 40.3 Å².